The second kappa shape index (κ2) is 6.66. The zero-order valence-electron chi connectivity index (χ0n) is 12.6. The Morgan fingerprint density at radius 2 is 1.60 bits per heavy atom. The lowest BCUT2D eigenvalue weighted by Gasteiger charge is -2.12. The Kier molecular flexibility index (Phi) is 4.21. The van der Waals surface area contributed by atoms with Crippen LogP contribution in [0.3, 0.4) is 0 Å². The third-order valence-corrected chi connectivity index (χ3v) is 4.15. The lowest BCUT2D eigenvalue weighted by atomic mass is 10.3. The van der Waals surface area contributed by atoms with Gasteiger partial charge < -0.3 is 10.6 Å². The van der Waals surface area contributed by atoms with Crippen LogP contribution in [0.15, 0.2) is 57.6 Å². The first-order valence-electron chi connectivity index (χ1n) is 7.23. The van der Waals surface area contributed by atoms with Crippen molar-refractivity contribution in [3.8, 4) is 0 Å². The van der Waals surface area contributed by atoms with Gasteiger partial charge in [-0.3, -0.25) is 0 Å². The van der Waals surface area contributed by atoms with Gasteiger partial charge in [0.15, 0.2) is 11.6 Å². The Morgan fingerprint density at radius 1 is 0.880 bits per heavy atom. The van der Waals surface area contributed by atoms with E-state index in [-0.39, 0.29) is 0 Å². The SMILES string of the molecule is Clc1ccccc1Nc1nc2nonc2nc1Nc1cccc(Br)c1. The van der Waals surface area contributed by atoms with Gasteiger partial charge in [-0.25, -0.2) is 14.6 Å². The van der Waals surface area contributed by atoms with Gasteiger partial charge in [-0.05, 0) is 40.6 Å². The van der Waals surface area contributed by atoms with E-state index in [0.717, 1.165) is 10.2 Å². The van der Waals surface area contributed by atoms with Crippen LogP contribution in [0.4, 0.5) is 23.0 Å². The van der Waals surface area contributed by atoms with E-state index in [4.69, 9.17) is 16.2 Å². The molecule has 25 heavy (non-hydrogen) atoms. The van der Waals surface area contributed by atoms with Crippen LogP contribution in [0.5, 0.6) is 0 Å². The molecular formula is C16H10BrClN6O. The van der Waals surface area contributed by atoms with Crippen molar-refractivity contribution in [2.24, 2.45) is 0 Å². The van der Waals surface area contributed by atoms with Gasteiger partial charge in [0.1, 0.15) is 0 Å². The van der Waals surface area contributed by atoms with E-state index < -0.39 is 0 Å². The average molecular weight is 418 g/mol. The topological polar surface area (TPSA) is 88.8 Å². The third kappa shape index (κ3) is 3.40. The van der Waals surface area contributed by atoms with E-state index in [2.05, 4.69) is 46.8 Å². The Balaban J connectivity index is 1.77. The number of benzene rings is 2. The molecule has 0 unspecified atom stereocenters. The quantitative estimate of drug-likeness (QED) is 0.487. The zero-order valence-corrected chi connectivity index (χ0v) is 14.9. The van der Waals surface area contributed by atoms with Crippen LogP contribution < -0.4 is 10.6 Å². The molecule has 0 saturated heterocycles. The third-order valence-electron chi connectivity index (χ3n) is 3.33. The first-order valence-corrected chi connectivity index (χ1v) is 8.40. The summed E-state index contributed by atoms with van der Waals surface area (Å²) in [6.07, 6.45) is 0. The van der Waals surface area contributed by atoms with Crippen LogP contribution in [-0.2, 0) is 0 Å². The fourth-order valence-corrected chi connectivity index (χ4v) is 2.79. The highest BCUT2D eigenvalue weighted by molar-refractivity contribution is 9.10. The zero-order chi connectivity index (χ0) is 17.2. The molecule has 2 heterocycles. The molecule has 0 fully saturated rings. The van der Waals surface area contributed by atoms with Crippen molar-refractivity contribution in [3.63, 3.8) is 0 Å². The second-order valence-electron chi connectivity index (χ2n) is 5.07. The molecule has 7 nitrogen and oxygen atoms in total. The van der Waals surface area contributed by atoms with Crippen molar-refractivity contribution in [1.82, 2.24) is 20.3 Å². The van der Waals surface area contributed by atoms with Gasteiger partial charge in [0, 0.05) is 10.2 Å². The summed E-state index contributed by atoms with van der Waals surface area (Å²) in [4.78, 5) is 8.84. The maximum absolute atomic E-state index is 6.22. The molecule has 0 saturated carbocycles. The molecule has 124 valence electrons. The van der Waals surface area contributed by atoms with Gasteiger partial charge in [0.2, 0.25) is 11.3 Å². The largest absolute Gasteiger partial charge is 0.337 e. The van der Waals surface area contributed by atoms with Gasteiger partial charge in [-0.2, -0.15) is 0 Å². The molecule has 4 aromatic rings. The predicted octanol–water partition coefficient (Wildman–Crippen LogP) is 4.92. The lowest BCUT2D eigenvalue weighted by molar-refractivity contribution is 0.314. The first-order chi connectivity index (χ1) is 12.2. The summed E-state index contributed by atoms with van der Waals surface area (Å²) >= 11 is 9.67. The molecule has 2 aromatic carbocycles. The van der Waals surface area contributed by atoms with E-state index in [1.165, 1.54) is 0 Å². The summed E-state index contributed by atoms with van der Waals surface area (Å²) < 4.78 is 5.64. The minimum absolute atomic E-state index is 0.300. The normalized spacial score (nSPS) is 10.8. The number of nitrogens with zero attached hydrogens (tertiary/aromatic N) is 4. The van der Waals surface area contributed by atoms with E-state index in [9.17, 15) is 0 Å². The summed E-state index contributed by atoms with van der Waals surface area (Å²) in [6, 6.07) is 15.0. The number of anilines is 4. The highest BCUT2D eigenvalue weighted by atomic mass is 79.9. The van der Waals surface area contributed by atoms with Gasteiger partial charge in [-0.1, -0.05) is 45.7 Å². The maximum atomic E-state index is 6.22. The van der Waals surface area contributed by atoms with Crippen LogP contribution in [0, 0.1) is 0 Å². The molecule has 4 rings (SSSR count). The summed E-state index contributed by atoms with van der Waals surface area (Å²) in [5.74, 6) is 0.928. The number of fused-ring (bicyclic) bond motifs is 1. The Bertz CT molecular complexity index is 1050. The van der Waals surface area contributed by atoms with E-state index in [0.29, 0.717) is 33.6 Å². The average Bonchev–Trinajstić information content (AvgIpc) is 3.04. The van der Waals surface area contributed by atoms with Gasteiger partial charge in [0.25, 0.3) is 0 Å². The smallest absolute Gasteiger partial charge is 0.245 e. The number of para-hydroxylation sites is 1. The van der Waals surface area contributed by atoms with Crippen LogP contribution in [0.1, 0.15) is 0 Å². The van der Waals surface area contributed by atoms with E-state index in [1.54, 1.807) is 6.07 Å². The number of hydrogen-bond acceptors (Lipinski definition) is 7. The lowest BCUT2D eigenvalue weighted by Crippen LogP contribution is -2.03. The Morgan fingerprint density at radius 3 is 2.32 bits per heavy atom. The number of nitrogens with one attached hydrogen (secondary N) is 2. The summed E-state index contributed by atoms with van der Waals surface area (Å²) in [7, 11) is 0. The van der Waals surface area contributed by atoms with Crippen LogP contribution >= 0.6 is 27.5 Å². The molecule has 0 radical (unpaired) electrons. The first kappa shape index (κ1) is 15.8. The van der Waals surface area contributed by atoms with Crippen molar-refractivity contribution in [2.45, 2.75) is 0 Å². The minimum atomic E-state index is 0.300. The molecule has 0 amide bonds. The molecule has 9 heteroatoms. The van der Waals surface area contributed by atoms with Gasteiger partial charge >= 0.3 is 0 Å². The van der Waals surface area contributed by atoms with Crippen molar-refractivity contribution in [1.29, 1.82) is 0 Å². The monoisotopic (exact) mass is 416 g/mol. The molecule has 0 aliphatic carbocycles. The molecule has 0 atom stereocenters. The molecule has 0 bridgehead atoms. The number of hydrogen-bond donors (Lipinski definition) is 2. The fraction of sp³-hybridized carbons (Fsp3) is 0. The fourth-order valence-electron chi connectivity index (χ4n) is 2.21. The molecule has 2 N–H and O–H groups in total. The number of halogens is 2. The molecular weight excluding hydrogens is 408 g/mol. The predicted molar refractivity (Wildman–Crippen MR) is 99.6 cm³/mol. The van der Waals surface area contributed by atoms with Gasteiger partial charge in [-0.15, -0.1) is 0 Å². The molecule has 0 spiro atoms. The van der Waals surface area contributed by atoms with Crippen molar-refractivity contribution in [2.75, 3.05) is 10.6 Å². The standard InChI is InChI=1S/C16H10BrClN6O/c17-9-4-3-5-10(8-9)19-13-14(20-12-7-2-1-6-11(12)18)22-16-15(21-13)23-25-24-16/h1-8H,(H,19,21,23)(H,20,22,24). The second-order valence-corrected chi connectivity index (χ2v) is 6.40. The van der Waals surface area contributed by atoms with Crippen LogP contribution in [-0.4, -0.2) is 20.3 Å². The van der Waals surface area contributed by atoms with E-state index in [1.807, 2.05) is 42.5 Å². The summed E-state index contributed by atoms with van der Waals surface area (Å²) in [5, 5.41) is 14.4. The summed E-state index contributed by atoms with van der Waals surface area (Å²) in [5.41, 5.74) is 2.14. The van der Waals surface area contributed by atoms with Crippen molar-refractivity contribution in [3.05, 3.63) is 58.0 Å². The van der Waals surface area contributed by atoms with Crippen LogP contribution in [0.2, 0.25) is 5.02 Å². The molecule has 0 aliphatic rings. The number of aromatic nitrogens is 4. The Hall–Kier alpha value is -2.71. The Labute approximate surface area is 155 Å². The van der Waals surface area contributed by atoms with Crippen LogP contribution in [0.25, 0.3) is 11.3 Å². The number of rotatable bonds is 4. The van der Waals surface area contributed by atoms with E-state index >= 15 is 0 Å². The van der Waals surface area contributed by atoms with Crippen molar-refractivity contribution < 1.29 is 4.63 Å². The van der Waals surface area contributed by atoms with Gasteiger partial charge in [0.05, 0.1) is 10.7 Å². The molecule has 2 aromatic heterocycles. The maximum Gasteiger partial charge on any atom is 0.245 e. The highest BCUT2D eigenvalue weighted by Gasteiger charge is 2.14. The minimum Gasteiger partial charge on any atom is -0.337 e. The molecule has 0 aliphatic heterocycles. The summed E-state index contributed by atoms with van der Waals surface area (Å²) in [6.45, 7) is 0. The van der Waals surface area contributed by atoms with Crippen molar-refractivity contribution >= 4 is 61.8 Å². The highest BCUT2D eigenvalue weighted by Crippen LogP contribution is 2.30.